The summed E-state index contributed by atoms with van der Waals surface area (Å²) in [5, 5.41) is 2.88. The topological polar surface area (TPSA) is 69.7 Å². The summed E-state index contributed by atoms with van der Waals surface area (Å²) in [6.07, 6.45) is 7.34. The van der Waals surface area contributed by atoms with Gasteiger partial charge in [-0.15, -0.1) is 0 Å². The third kappa shape index (κ3) is 5.01. The first kappa shape index (κ1) is 18.7. The number of benzene rings is 1. The molecule has 2 heterocycles. The van der Waals surface area contributed by atoms with Gasteiger partial charge in [-0.2, -0.15) is 0 Å². The highest BCUT2D eigenvalue weighted by Gasteiger charge is 2.17. The molecule has 4 rings (SSSR count). The first-order chi connectivity index (χ1) is 13.8. The third-order valence-electron chi connectivity index (χ3n) is 5.15. The molecule has 148 valence electrons. The number of hydrogen-bond donors (Lipinski definition) is 1. The highest BCUT2D eigenvalue weighted by molar-refractivity contribution is 5.77. The average Bonchev–Trinajstić information content (AvgIpc) is 3.24. The molecule has 28 heavy (non-hydrogen) atoms. The van der Waals surface area contributed by atoms with Crippen LogP contribution < -0.4 is 14.8 Å². The van der Waals surface area contributed by atoms with E-state index in [2.05, 4.69) is 22.4 Å². The van der Waals surface area contributed by atoms with Crippen LogP contribution >= 0.6 is 0 Å². The lowest BCUT2D eigenvalue weighted by Crippen LogP contribution is -2.28. The fraction of sp³-hybridized carbons (Fsp3) is 0.455. The van der Waals surface area contributed by atoms with Crippen molar-refractivity contribution in [3.63, 3.8) is 0 Å². The molecular weight excluding hydrogens is 356 g/mol. The molecule has 1 aliphatic carbocycles. The smallest absolute Gasteiger partial charge is 0.258 e. The average molecular weight is 382 g/mol. The zero-order valence-electron chi connectivity index (χ0n) is 16.0. The maximum atomic E-state index is 12.1. The van der Waals surface area contributed by atoms with E-state index in [9.17, 15) is 4.79 Å². The Morgan fingerprint density at radius 3 is 2.93 bits per heavy atom. The van der Waals surface area contributed by atoms with Crippen LogP contribution in [0.3, 0.4) is 0 Å². The molecule has 1 aromatic heterocycles. The molecule has 1 amide bonds. The van der Waals surface area contributed by atoms with Gasteiger partial charge in [-0.05, 0) is 60.6 Å². The Balaban J connectivity index is 1.24. The van der Waals surface area contributed by atoms with Crippen LogP contribution in [0.1, 0.15) is 36.0 Å². The first-order valence-corrected chi connectivity index (χ1v) is 9.97. The Morgan fingerprint density at radius 2 is 2.07 bits per heavy atom. The van der Waals surface area contributed by atoms with Gasteiger partial charge in [0.15, 0.2) is 6.61 Å². The Kier molecular flexibility index (Phi) is 6.07. The van der Waals surface area contributed by atoms with E-state index in [0.29, 0.717) is 19.0 Å². The molecule has 1 aliphatic heterocycles. The fourth-order valence-electron chi connectivity index (χ4n) is 3.60. The zero-order chi connectivity index (χ0) is 19.2. The molecule has 1 atom stereocenters. The zero-order valence-corrected chi connectivity index (χ0v) is 16.0. The van der Waals surface area contributed by atoms with E-state index in [0.717, 1.165) is 37.2 Å². The predicted molar refractivity (Wildman–Crippen MR) is 105 cm³/mol. The summed E-state index contributed by atoms with van der Waals surface area (Å²) in [5.74, 6) is 1.17. The van der Waals surface area contributed by atoms with Crippen molar-refractivity contribution in [2.75, 3.05) is 19.8 Å². The standard InChI is InChI=1S/C22H26N2O4/c25-21(15-27-19-6-5-17-3-1-2-4-18(17)12-19)24-13-16-7-9-23-22(11-16)28-20-8-10-26-14-20/h5-7,9,11-12,20H,1-4,8,10,13-15H2,(H,24,25). The summed E-state index contributed by atoms with van der Waals surface area (Å²) in [6, 6.07) is 9.86. The summed E-state index contributed by atoms with van der Waals surface area (Å²) in [5.41, 5.74) is 3.69. The van der Waals surface area contributed by atoms with Gasteiger partial charge in [0, 0.05) is 25.2 Å². The van der Waals surface area contributed by atoms with Crippen molar-refractivity contribution >= 4 is 5.91 Å². The Labute approximate surface area is 165 Å². The summed E-state index contributed by atoms with van der Waals surface area (Å²) in [6.45, 7) is 1.74. The summed E-state index contributed by atoms with van der Waals surface area (Å²) in [4.78, 5) is 16.4. The Morgan fingerprint density at radius 1 is 1.18 bits per heavy atom. The first-order valence-electron chi connectivity index (χ1n) is 9.97. The number of pyridine rings is 1. The van der Waals surface area contributed by atoms with Crippen molar-refractivity contribution in [1.82, 2.24) is 10.3 Å². The largest absolute Gasteiger partial charge is 0.484 e. The van der Waals surface area contributed by atoms with Crippen LogP contribution in [-0.2, 0) is 28.9 Å². The number of aryl methyl sites for hydroxylation is 2. The van der Waals surface area contributed by atoms with Gasteiger partial charge in [-0.1, -0.05) is 6.07 Å². The van der Waals surface area contributed by atoms with Gasteiger partial charge in [0.2, 0.25) is 5.88 Å². The Bertz CT molecular complexity index is 818. The highest BCUT2D eigenvalue weighted by Crippen LogP contribution is 2.25. The van der Waals surface area contributed by atoms with E-state index in [-0.39, 0.29) is 18.6 Å². The second kappa shape index (κ2) is 9.06. The summed E-state index contributed by atoms with van der Waals surface area (Å²) < 4.78 is 16.8. The molecule has 0 bridgehead atoms. The molecule has 1 N–H and O–H groups in total. The van der Waals surface area contributed by atoms with Crippen LogP contribution in [0, 0.1) is 0 Å². The number of amides is 1. The molecule has 6 heteroatoms. The van der Waals surface area contributed by atoms with Crippen molar-refractivity contribution in [3.8, 4) is 11.6 Å². The molecule has 0 saturated carbocycles. The molecule has 1 fully saturated rings. The van der Waals surface area contributed by atoms with E-state index in [1.165, 1.54) is 24.0 Å². The van der Waals surface area contributed by atoms with Crippen molar-refractivity contribution in [2.45, 2.75) is 44.8 Å². The number of nitrogens with zero attached hydrogens (tertiary/aromatic N) is 1. The van der Waals surface area contributed by atoms with E-state index >= 15 is 0 Å². The molecule has 1 saturated heterocycles. The summed E-state index contributed by atoms with van der Waals surface area (Å²) >= 11 is 0. The van der Waals surface area contributed by atoms with Gasteiger partial charge in [-0.25, -0.2) is 4.98 Å². The highest BCUT2D eigenvalue weighted by atomic mass is 16.5. The number of ether oxygens (including phenoxy) is 3. The predicted octanol–water partition coefficient (Wildman–Crippen LogP) is 2.82. The lowest BCUT2D eigenvalue weighted by molar-refractivity contribution is -0.123. The van der Waals surface area contributed by atoms with E-state index in [4.69, 9.17) is 14.2 Å². The second-order valence-corrected chi connectivity index (χ2v) is 7.31. The van der Waals surface area contributed by atoms with Gasteiger partial charge in [-0.3, -0.25) is 4.79 Å². The van der Waals surface area contributed by atoms with Gasteiger partial charge in [0.05, 0.1) is 13.2 Å². The maximum absolute atomic E-state index is 12.1. The normalized spacial score (nSPS) is 18.4. The van der Waals surface area contributed by atoms with Gasteiger partial charge < -0.3 is 19.5 Å². The molecule has 1 aromatic carbocycles. The number of fused-ring (bicyclic) bond motifs is 1. The van der Waals surface area contributed by atoms with Crippen LogP contribution in [0.25, 0.3) is 0 Å². The van der Waals surface area contributed by atoms with Crippen molar-refractivity contribution in [3.05, 3.63) is 53.2 Å². The molecular formula is C22H26N2O4. The molecule has 0 radical (unpaired) electrons. The van der Waals surface area contributed by atoms with Gasteiger partial charge in [0.25, 0.3) is 5.91 Å². The number of carbonyl (C=O) groups excluding carboxylic acids is 1. The minimum Gasteiger partial charge on any atom is -0.484 e. The number of hydrogen-bond acceptors (Lipinski definition) is 5. The molecule has 1 unspecified atom stereocenters. The fourth-order valence-corrected chi connectivity index (χ4v) is 3.60. The SMILES string of the molecule is O=C(COc1ccc2c(c1)CCCC2)NCc1ccnc(OC2CCOC2)c1. The van der Waals surface area contributed by atoms with Gasteiger partial charge >= 0.3 is 0 Å². The quantitative estimate of drug-likeness (QED) is 0.797. The number of rotatable bonds is 7. The van der Waals surface area contributed by atoms with Crippen LogP contribution in [0.4, 0.5) is 0 Å². The lowest BCUT2D eigenvalue weighted by Gasteiger charge is -2.16. The minimum atomic E-state index is -0.152. The molecule has 0 spiro atoms. The monoisotopic (exact) mass is 382 g/mol. The minimum absolute atomic E-state index is 0.00659. The summed E-state index contributed by atoms with van der Waals surface area (Å²) in [7, 11) is 0. The molecule has 6 nitrogen and oxygen atoms in total. The van der Waals surface area contributed by atoms with Crippen molar-refractivity contribution in [1.29, 1.82) is 0 Å². The van der Waals surface area contributed by atoms with Gasteiger partial charge in [0.1, 0.15) is 11.9 Å². The van der Waals surface area contributed by atoms with E-state index < -0.39 is 0 Å². The molecule has 2 aromatic rings. The van der Waals surface area contributed by atoms with E-state index in [1.54, 1.807) is 6.20 Å². The van der Waals surface area contributed by atoms with Crippen LogP contribution in [-0.4, -0.2) is 36.8 Å². The van der Waals surface area contributed by atoms with Crippen LogP contribution in [0.15, 0.2) is 36.5 Å². The van der Waals surface area contributed by atoms with Crippen molar-refractivity contribution in [2.24, 2.45) is 0 Å². The van der Waals surface area contributed by atoms with E-state index in [1.807, 2.05) is 18.2 Å². The Hall–Kier alpha value is -2.60. The third-order valence-corrected chi connectivity index (χ3v) is 5.15. The number of nitrogens with one attached hydrogen (secondary N) is 1. The second-order valence-electron chi connectivity index (χ2n) is 7.31. The van der Waals surface area contributed by atoms with Crippen molar-refractivity contribution < 1.29 is 19.0 Å². The molecule has 2 aliphatic rings. The van der Waals surface area contributed by atoms with Crippen LogP contribution in [0.2, 0.25) is 0 Å². The number of carbonyl (C=O) groups is 1. The maximum Gasteiger partial charge on any atom is 0.258 e. The number of aromatic nitrogens is 1. The van der Waals surface area contributed by atoms with Crippen LogP contribution in [0.5, 0.6) is 11.6 Å². The lowest BCUT2D eigenvalue weighted by atomic mass is 9.92.